The molecule has 58 heavy (non-hydrogen) atoms. The van der Waals surface area contributed by atoms with E-state index in [1.54, 1.807) is 32.9 Å². The number of ether oxygens (including phenoxy) is 2. The molecule has 336 valence electrons. The minimum absolute atomic E-state index is 0.169. The largest absolute Gasteiger partial charge is 0.491 e. The number of benzene rings is 1. The van der Waals surface area contributed by atoms with Gasteiger partial charge in [0.25, 0.3) is 0 Å². The second-order valence-electron chi connectivity index (χ2n) is 14.0. The lowest BCUT2D eigenvalue weighted by atomic mass is 9.88. The van der Waals surface area contributed by atoms with Crippen molar-refractivity contribution in [3.8, 4) is 5.75 Å². The number of aliphatic hydroxyl groups is 1. The zero-order valence-electron chi connectivity index (χ0n) is 31.9. The number of rotatable bonds is 22. The minimum atomic E-state index is -8.68. The van der Waals surface area contributed by atoms with Gasteiger partial charge in [-0.15, -0.1) is 0 Å². The van der Waals surface area contributed by atoms with Gasteiger partial charge in [-0.25, -0.2) is 4.79 Å². The van der Waals surface area contributed by atoms with Gasteiger partial charge in [0.15, 0.2) is 8.32 Å². The van der Waals surface area contributed by atoms with Crippen LogP contribution in [-0.4, -0.2) is 86.8 Å². The van der Waals surface area contributed by atoms with Crippen molar-refractivity contribution in [3.05, 3.63) is 53.6 Å². The molecular formula is C35H43F17O5Si. The van der Waals surface area contributed by atoms with E-state index in [9.17, 15) is 84.5 Å². The number of hydrogen-bond acceptors (Lipinski definition) is 5. The SMILES string of the molecule is CCOC(=O)/C=C(C)/C=C/[C@@H](C)[C@@H](O)c1ccc(OCCO[Si](CCC(F)(F)C(F)(F)C(F)(F)C(F)(F)C(F)(F)C(F)(F)C(F)(F)C(F)(F)F)(C(C)C)C(C)C)cc1. The normalized spacial score (nSPS) is 16.0. The van der Waals surface area contributed by atoms with Crippen molar-refractivity contribution in [3.63, 3.8) is 0 Å². The van der Waals surface area contributed by atoms with Crippen molar-refractivity contribution >= 4 is 14.3 Å². The molecule has 0 saturated heterocycles. The van der Waals surface area contributed by atoms with E-state index in [-0.39, 0.29) is 19.0 Å². The van der Waals surface area contributed by atoms with Crippen molar-refractivity contribution in [1.82, 2.24) is 0 Å². The van der Waals surface area contributed by atoms with E-state index in [0.29, 0.717) is 11.1 Å². The molecule has 0 unspecified atom stereocenters. The highest BCUT2D eigenvalue weighted by atomic mass is 28.4. The van der Waals surface area contributed by atoms with Crippen LogP contribution in [0.1, 0.15) is 66.6 Å². The Bertz CT molecular complexity index is 1550. The van der Waals surface area contributed by atoms with Crippen LogP contribution in [0.4, 0.5) is 74.6 Å². The lowest BCUT2D eigenvalue weighted by Crippen LogP contribution is -2.74. The van der Waals surface area contributed by atoms with E-state index in [2.05, 4.69) is 0 Å². The average Bonchev–Trinajstić information content (AvgIpc) is 3.08. The van der Waals surface area contributed by atoms with Crippen molar-refractivity contribution in [2.45, 2.75) is 126 Å². The summed E-state index contributed by atoms with van der Waals surface area (Å²) >= 11 is 0. The monoisotopic (exact) mass is 894 g/mol. The smallest absolute Gasteiger partial charge is 0.460 e. The van der Waals surface area contributed by atoms with Gasteiger partial charge in [0.05, 0.1) is 19.3 Å². The van der Waals surface area contributed by atoms with E-state index in [1.165, 1.54) is 58.0 Å². The first kappa shape index (κ1) is 52.9. The Balaban J connectivity index is 3.18. The molecule has 23 heteroatoms. The van der Waals surface area contributed by atoms with Gasteiger partial charge in [0, 0.05) is 18.4 Å². The minimum Gasteiger partial charge on any atom is -0.491 e. The van der Waals surface area contributed by atoms with E-state index in [4.69, 9.17) is 13.9 Å². The highest BCUT2D eigenvalue weighted by Gasteiger charge is 2.95. The molecule has 0 aliphatic rings. The van der Waals surface area contributed by atoms with Crippen LogP contribution >= 0.6 is 0 Å². The maximum Gasteiger partial charge on any atom is 0.460 e. The highest BCUT2D eigenvalue weighted by molar-refractivity contribution is 6.76. The lowest BCUT2D eigenvalue weighted by Gasteiger charge is -2.44. The average molecular weight is 895 g/mol. The van der Waals surface area contributed by atoms with Crippen LogP contribution in [0.2, 0.25) is 17.1 Å². The topological polar surface area (TPSA) is 65.0 Å². The van der Waals surface area contributed by atoms with Crippen LogP contribution in [0.25, 0.3) is 0 Å². The first-order valence-electron chi connectivity index (χ1n) is 17.3. The highest BCUT2D eigenvalue weighted by Crippen LogP contribution is 2.64. The third-order valence-electron chi connectivity index (χ3n) is 9.31. The Morgan fingerprint density at radius 3 is 1.59 bits per heavy atom. The summed E-state index contributed by atoms with van der Waals surface area (Å²) in [5, 5.41) is 10.7. The zero-order valence-corrected chi connectivity index (χ0v) is 32.9. The second-order valence-corrected chi connectivity index (χ2v) is 19.0. The molecular weight excluding hydrogens is 851 g/mol. The molecule has 1 rings (SSSR count). The molecule has 0 aliphatic heterocycles. The lowest BCUT2D eigenvalue weighted by molar-refractivity contribution is -0.461. The third kappa shape index (κ3) is 10.4. The van der Waals surface area contributed by atoms with E-state index in [1.807, 2.05) is 0 Å². The van der Waals surface area contributed by atoms with Gasteiger partial charge in [-0.1, -0.05) is 58.9 Å². The molecule has 2 atom stereocenters. The third-order valence-corrected chi connectivity index (χ3v) is 15.0. The fourth-order valence-electron chi connectivity index (χ4n) is 5.64. The standard InChI is InChI=1S/C35H43F17O5Si/c1-8-55-26(53)19-22(6)9-10-23(7)27(54)24-11-13-25(14-12-24)56-16-17-57-58(20(2)3,21(4)5)18-15-28(36,37)29(38,39)30(40,41)31(42,43)32(44,45)33(46,47)34(48,49)35(50,51)52/h9-14,19-21,23,27,54H,8,15-18H2,1-7H3/b10-9+,22-19+/t23-,27-/m1/s1. The van der Waals surface area contributed by atoms with Crippen LogP contribution in [-0.2, 0) is 14.0 Å². The molecule has 0 aromatic heterocycles. The van der Waals surface area contributed by atoms with E-state index >= 15 is 0 Å². The molecule has 0 heterocycles. The number of aliphatic hydroxyl groups excluding tert-OH is 1. The first-order valence-corrected chi connectivity index (χ1v) is 19.5. The van der Waals surface area contributed by atoms with Gasteiger partial charge in [-0.2, -0.15) is 74.6 Å². The Morgan fingerprint density at radius 1 is 0.707 bits per heavy atom. The first-order chi connectivity index (χ1) is 26.0. The maximum absolute atomic E-state index is 14.9. The quantitative estimate of drug-likeness (QED) is 0.0314. The van der Waals surface area contributed by atoms with Crippen LogP contribution in [0, 0.1) is 5.92 Å². The van der Waals surface area contributed by atoms with Gasteiger partial charge in [0.1, 0.15) is 12.4 Å². The Hall–Kier alpha value is -3.08. The molecule has 0 saturated carbocycles. The number of alkyl halides is 17. The maximum atomic E-state index is 14.9. The number of esters is 1. The summed E-state index contributed by atoms with van der Waals surface area (Å²) in [6.07, 6.45) is -6.89. The van der Waals surface area contributed by atoms with E-state index < -0.39 is 104 Å². The molecule has 1 aromatic rings. The summed E-state index contributed by atoms with van der Waals surface area (Å²) in [6, 6.07) is 4.49. The van der Waals surface area contributed by atoms with Gasteiger partial charge in [-0.05, 0) is 54.2 Å². The van der Waals surface area contributed by atoms with Crippen LogP contribution in [0.3, 0.4) is 0 Å². The fraction of sp³-hybridized carbons (Fsp3) is 0.686. The Kier molecular flexibility index (Phi) is 17.0. The molecule has 0 aliphatic carbocycles. The summed E-state index contributed by atoms with van der Waals surface area (Å²) in [7, 11) is -3.95. The molecule has 0 fully saturated rings. The van der Waals surface area contributed by atoms with Gasteiger partial charge in [-0.3, -0.25) is 0 Å². The van der Waals surface area contributed by atoms with Gasteiger partial charge >= 0.3 is 53.6 Å². The van der Waals surface area contributed by atoms with Crippen LogP contribution in [0.5, 0.6) is 5.75 Å². The summed E-state index contributed by atoms with van der Waals surface area (Å²) in [4.78, 5) is 11.6. The summed E-state index contributed by atoms with van der Waals surface area (Å²) in [6.45, 7) is 9.60. The van der Waals surface area contributed by atoms with Crippen molar-refractivity contribution < 1.29 is 98.4 Å². The van der Waals surface area contributed by atoms with Crippen molar-refractivity contribution in [1.29, 1.82) is 0 Å². The molecule has 0 radical (unpaired) electrons. The predicted molar refractivity (Wildman–Crippen MR) is 178 cm³/mol. The number of allylic oxidation sites excluding steroid dienone is 2. The predicted octanol–water partition coefficient (Wildman–Crippen LogP) is 12.0. The number of carbonyl (C=O) groups is 1. The number of carbonyl (C=O) groups excluding carboxylic acids is 1. The molecule has 1 N–H and O–H groups in total. The molecule has 0 amide bonds. The van der Waals surface area contributed by atoms with Crippen LogP contribution in [0.15, 0.2) is 48.1 Å². The number of halogens is 17. The zero-order chi connectivity index (χ0) is 45.7. The van der Waals surface area contributed by atoms with Gasteiger partial charge in [0.2, 0.25) is 0 Å². The van der Waals surface area contributed by atoms with E-state index in [0.717, 1.165) is 0 Å². The molecule has 0 bridgehead atoms. The molecule has 5 nitrogen and oxygen atoms in total. The van der Waals surface area contributed by atoms with Gasteiger partial charge < -0.3 is 19.0 Å². The second kappa shape index (κ2) is 18.7. The van der Waals surface area contributed by atoms with Crippen molar-refractivity contribution in [2.75, 3.05) is 19.8 Å². The Labute approximate surface area is 323 Å². The molecule has 0 spiro atoms. The summed E-state index contributed by atoms with van der Waals surface area (Å²) < 4.78 is 250. The number of hydrogen-bond donors (Lipinski definition) is 1. The summed E-state index contributed by atoms with van der Waals surface area (Å²) in [5.41, 5.74) is -0.726. The summed E-state index contributed by atoms with van der Waals surface area (Å²) in [5.74, 6) is -57.5. The Morgan fingerprint density at radius 2 is 1.16 bits per heavy atom. The fourth-order valence-corrected chi connectivity index (χ4v) is 10.1. The molecule has 1 aromatic carbocycles. The van der Waals surface area contributed by atoms with Crippen LogP contribution < -0.4 is 4.74 Å². The van der Waals surface area contributed by atoms with Crippen molar-refractivity contribution in [2.24, 2.45) is 5.92 Å².